The average molecular weight is 411 g/mol. The minimum absolute atomic E-state index is 0.0493. The number of fused-ring (bicyclic) bond motifs is 1. The summed E-state index contributed by atoms with van der Waals surface area (Å²) >= 11 is 7.55. The van der Waals surface area contributed by atoms with Crippen LogP contribution in [-0.2, 0) is 6.54 Å². The summed E-state index contributed by atoms with van der Waals surface area (Å²) in [5.41, 5.74) is 3.04. The smallest absolute Gasteiger partial charge is 0.262 e. The maximum atomic E-state index is 13.1. The number of aryl methyl sites for hydroxylation is 2. The Hall–Kier alpha value is -2.63. The molecule has 0 saturated heterocycles. The highest BCUT2D eigenvalue weighted by atomic mass is 35.5. The van der Waals surface area contributed by atoms with Gasteiger partial charge in [-0.3, -0.25) is 9.36 Å². The van der Waals surface area contributed by atoms with Gasteiger partial charge in [-0.05, 0) is 43.7 Å². The van der Waals surface area contributed by atoms with Crippen molar-refractivity contribution in [2.24, 2.45) is 0 Å². The van der Waals surface area contributed by atoms with E-state index in [1.807, 2.05) is 62.4 Å². The number of thiophene rings is 1. The van der Waals surface area contributed by atoms with Crippen molar-refractivity contribution < 1.29 is 4.74 Å². The van der Waals surface area contributed by atoms with Gasteiger partial charge in [0.1, 0.15) is 17.2 Å². The quantitative estimate of drug-likeness (QED) is 0.438. The summed E-state index contributed by atoms with van der Waals surface area (Å²) in [4.78, 5) is 19.5. The lowest BCUT2D eigenvalue weighted by Gasteiger charge is -2.09. The van der Waals surface area contributed by atoms with Crippen LogP contribution in [-0.4, -0.2) is 16.2 Å². The van der Waals surface area contributed by atoms with Crippen LogP contribution in [0.4, 0.5) is 0 Å². The number of benzene rings is 2. The zero-order valence-electron chi connectivity index (χ0n) is 15.6. The van der Waals surface area contributed by atoms with E-state index in [-0.39, 0.29) is 5.56 Å². The first-order chi connectivity index (χ1) is 13.5. The van der Waals surface area contributed by atoms with E-state index >= 15 is 0 Å². The van der Waals surface area contributed by atoms with Gasteiger partial charge in [0.15, 0.2) is 0 Å². The maximum absolute atomic E-state index is 13.1. The van der Waals surface area contributed by atoms with Gasteiger partial charge in [-0.2, -0.15) is 0 Å². The molecule has 2 aromatic heterocycles. The van der Waals surface area contributed by atoms with Crippen molar-refractivity contribution in [2.75, 3.05) is 6.61 Å². The van der Waals surface area contributed by atoms with E-state index in [0.717, 1.165) is 26.6 Å². The van der Waals surface area contributed by atoms with Gasteiger partial charge < -0.3 is 4.74 Å². The number of ether oxygens (including phenoxy) is 1. The highest BCUT2D eigenvalue weighted by Gasteiger charge is 2.16. The molecule has 4 nitrogen and oxygen atoms in total. The van der Waals surface area contributed by atoms with Gasteiger partial charge in [0.05, 0.1) is 18.3 Å². The fourth-order valence-corrected chi connectivity index (χ4v) is 4.29. The number of aromatic nitrogens is 2. The lowest BCUT2D eigenvalue weighted by Crippen LogP contribution is -2.23. The van der Waals surface area contributed by atoms with Crippen LogP contribution in [0.3, 0.4) is 0 Å². The maximum Gasteiger partial charge on any atom is 0.262 e. The van der Waals surface area contributed by atoms with Crippen LogP contribution in [0, 0.1) is 13.8 Å². The molecular weight excluding hydrogens is 392 g/mol. The summed E-state index contributed by atoms with van der Waals surface area (Å²) in [5.74, 6) is 0.793. The molecule has 28 heavy (non-hydrogen) atoms. The molecule has 0 aliphatic carbocycles. The Morgan fingerprint density at radius 2 is 1.79 bits per heavy atom. The van der Waals surface area contributed by atoms with Crippen molar-refractivity contribution in [3.05, 3.63) is 80.7 Å². The first kappa shape index (κ1) is 18.7. The number of hydrogen-bond donors (Lipinski definition) is 0. The van der Waals surface area contributed by atoms with E-state index in [1.165, 1.54) is 16.9 Å². The molecule has 0 fully saturated rings. The fourth-order valence-electron chi connectivity index (χ4n) is 3.16. The molecule has 2 heterocycles. The van der Waals surface area contributed by atoms with Gasteiger partial charge in [0, 0.05) is 15.5 Å². The summed E-state index contributed by atoms with van der Waals surface area (Å²) in [6.45, 7) is 4.88. The van der Waals surface area contributed by atoms with Gasteiger partial charge in [-0.1, -0.05) is 41.4 Å². The largest absolute Gasteiger partial charge is 0.492 e. The molecule has 6 heteroatoms. The van der Waals surface area contributed by atoms with E-state index in [2.05, 4.69) is 4.98 Å². The Balaban J connectivity index is 1.64. The Morgan fingerprint density at radius 3 is 2.50 bits per heavy atom. The molecule has 0 aliphatic heterocycles. The number of nitrogens with zero attached hydrogens (tertiary/aromatic N) is 2. The first-order valence-corrected chi connectivity index (χ1v) is 10.2. The van der Waals surface area contributed by atoms with E-state index in [4.69, 9.17) is 16.3 Å². The molecule has 0 N–H and O–H groups in total. The van der Waals surface area contributed by atoms with Gasteiger partial charge in [0.2, 0.25) is 0 Å². The molecule has 2 aromatic carbocycles. The number of halogens is 1. The van der Waals surface area contributed by atoms with Crippen LogP contribution in [0.15, 0.2) is 59.7 Å². The van der Waals surface area contributed by atoms with E-state index in [0.29, 0.717) is 23.6 Å². The molecule has 0 aliphatic rings. The van der Waals surface area contributed by atoms with E-state index in [9.17, 15) is 4.79 Å². The second-order valence-corrected chi connectivity index (χ2v) is 8.26. The Kier molecular flexibility index (Phi) is 5.20. The zero-order chi connectivity index (χ0) is 19.7. The van der Waals surface area contributed by atoms with E-state index < -0.39 is 0 Å². The van der Waals surface area contributed by atoms with Crippen molar-refractivity contribution in [3.63, 3.8) is 0 Å². The van der Waals surface area contributed by atoms with E-state index in [1.54, 1.807) is 10.9 Å². The normalized spacial score (nSPS) is 11.1. The monoisotopic (exact) mass is 410 g/mol. The summed E-state index contributed by atoms with van der Waals surface area (Å²) in [7, 11) is 0. The molecule has 0 spiro atoms. The number of rotatable bonds is 5. The highest BCUT2D eigenvalue weighted by Crippen LogP contribution is 2.35. The van der Waals surface area contributed by atoms with Crippen LogP contribution in [0.1, 0.15) is 10.4 Å². The highest BCUT2D eigenvalue weighted by molar-refractivity contribution is 7.19. The van der Waals surface area contributed by atoms with Gasteiger partial charge >= 0.3 is 0 Å². The van der Waals surface area contributed by atoms with Crippen molar-refractivity contribution in [1.82, 2.24) is 9.55 Å². The molecule has 0 saturated carbocycles. The van der Waals surface area contributed by atoms with Crippen LogP contribution in [0.5, 0.6) is 5.75 Å². The molecular formula is C22H19ClN2O2S. The Labute approximate surface area is 172 Å². The molecule has 0 radical (unpaired) electrons. The molecule has 0 unspecified atom stereocenters. The third-order valence-corrected chi connectivity index (χ3v) is 5.87. The SMILES string of the molecule is Cc1ccc(OCCn2cnc3sc(C)c(-c4ccc(Cl)cc4)c3c2=O)cc1. The fraction of sp³-hybridized carbons (Fsp3) is 0.182. The van der Waals surface area contributed by atoms with Crippen LogP contribution in [0.25, 0.3) is 21.3 Å². The van der Waals surface area contributed by atoms with Crippen molar-refractivity contribution in [1.29, 1.82) is 0 Å². The third kappa shape index (κ3) is 3.68. The molecule has 142 valence electrons. The second-order valence-electron chi connectivity index (χ2n) is 6.62. The van der Waals surface area contributed by atoms with Crippen molar-refractivity contribution in [3.8, 4) is 16.9 Å². The molecule has 0 bridgehead atoms. The molecule has 0 amide bonds. The predicted molar refractivity (Wildman–Crippen MR) is 116 cm³/mol. The minimum Gasteiger partial charge on any atom is -0.492 e. The lowest BCUT2D eigenvalue weighted by atomic mass is 10.0. The van der Waals surface area contributed by atoms with Crippen LogP contribution >= 0.6 is 22.9 Å². The van der Waals surface area contributed by atoms with Gasteiger partial charge in [0.25, 0.3) is 5.56 Å². The summed E-state index contributed by atoms with van der Waals surface area (Å²) < 4.78 is 7.38. The van der Waals surface area contributed by atoms with Gasteiger partial charge in [-0.15, -0.1) is 11.3 Å². The second kappa shape index (κ2) is 7.78. The number of hydrogen-bond acceptors (Lipinski definition) is 4. The Bertz CT molecular complexity index is 1180. The van der Waals surface area contributed by atoms with Gasteiger partial charge in [-0.25, -0.2) is 4.98 Å². The lowest BCUT2D eigenvalue weighted by molar-refractivity contribution is 0.296. The van der Waals surface area contributed by atoms with Crippen LogP contribution in [0.2, 0.25) is 5.02 Å². The Morgan fingerprint density at radius 1 is 1.07 bits per heavy atom. The molecule has 4 rings (SSSR count). The minimum atomic E-state index is -0.0493. The topological polar surface area (TPSA) is 44.1 Å². The molecule has 0 atom stereocenters. The van der Waals surface area contributed by atoms with Crippen LogP contribution < -0.4 is 10.3 Å². The first-order valence-electron chi connectivity index (χ1n) is 8.97. The summed E-state index contributed by atoms with van der Waals surface area (Å²) in [6.07, 6.45) is 1.60. The van der Waals surface area contributed by atoms with Crippen molar-refractivity contribution >= 4 is 33.2 Å². The molecule has 4 aromatic rings. The van der Waals surface area contributed by atoms with Crippen molar-refractivity contribution in [2.45, 2.75) is 20.4 Å². The third-order valence-electron chi connectivity index (χ3n) is 4.61. The standard InChI is InChI=1S/C22H19ClN2O2S/c1-14-3-9-18(10-4-14)27-12-11-25-13-24-21-20(22(25)26)19(15(2)28-21)16-5-7-17(23)8-6-16/h3-10,13H,11-12H2,1-2H3. The summed E-state index contributed by atoms with van der Waals surface area (Å²) in [6, 6.07) is 15.4. The average Bonchev–Trinajstić information content (AvgIpc) is 3.03. The zero-order valence-corrected chi connectivity index (χ0v) is 17.2. The summed E-state index contributed by atoms with van der Waals surface area (Å²) in [5, 5.41) is 1.33. The predicted octanol–water partition coefficient (Wildman–Crippen LogP) is 5.47.